The molecule has 0 saturated heterocycles. The quantitative estimate of drug-likeness (QED) is 0.818. The Kier molecular flexibility index (Phi) is 4.15. The van der Waals surface area contributed by atoms with Gasteiger partial charge in [-0.15, -0.1) is 23.1 Å². The summed E-state index contributed by atoms with van der Waals surface area (Å²) in [6.45, 7) is 4.18. The van der Waals surface area contributed by atoms with Gasteiger partial charge in [0.1, 0.15) is 5.01 Å². The van der Waals surface area contributed by atoms with Gasteiger partial charge in [-0.25, -0.2) is 4.98 Å². The fourth-order valence-electron chi connectivity index (χ4n) is 2.21. The van der Waals surface area contributed by atoms with E-state index in [2.05, 4.69) is 38.1 Å². The minimum absolute atomic E-state index is 0.112. The molecule has 1 aromatic carbocycles. The Morgan fingerprint density at radius 3 is 2.65 bits per heavy atom. The monoisotopic (exact) mass is 304 g/mol. The number of hydrogen-bond donors (Lipinski definition) is 1. The first-order valence-corrected chi connectivity index (χ1v) is 8.88. The number of nitrogens with zero attached hydrogens (tertiary/aromatic N) is 1. The second kappa shape index (κ2) is 5.88. The molecule has 1 aliphatic carbocycles. The van der Waals surface area contributed by atoms with E-state index in [1.165, 1.54) is 38.9 Å². The van der Waals surface area contributed by atoms with Crippen molar-refractivity contribution >= 4 is 23.1 Å². The Balaban J connectivity index is 1.71. The first kappa shape index (κ1) is 14.1. The Morgan fingerprint density at radius 1 is 1.35 bits per heavy atom. The molecule has 3 rings (SSSR count). The molecule has 1 aromatic heterocycles. The summed E-state index contributed by atoms with van der Waals surface area (Å²) in [5.41, 5.74) is 8.67. The van der Waals surface area contributed by atoms with E-state index in [9.17, 15) is 0 Å². The highest BCUT2D eigenvalue weighted by atomic mass is 32.2. The Hall–Kier alpha value is -0.840. The minimum Gasteiger partial charge on any atom is -0.323 e. The molecule has 1 saturated carbocycles. The molecule has 2 aromatic rings. The van der Waals surface area contributed by atoms with Gasteiger partial charge >= 0.3 is 0 Å². The molecule has 2 N–H and O–H groups in total. The largest absolute Gasteiger partial charge is 0.323 e. The van der Waals surface area contributed by atoms with Gasteiger partial charge in [-0.3, -0.25) is 0 Å². The molecule has 0 radical (unpaired) electrons. The van der Waals surface area contributed by atoms with Crippen molar-refractivity contribution in [2.75, 3.05) is 0 Å². The third-order valence-corrected chi connectivity index (χ3v) is 5.96. The second-order valence-electron chi connectivity index (χ2n) is 5.52. The van der Waals surface area contributed by atoms with Gasteiger partial charge in [0.15, 0.2) is 0 Å². The van der Waals surface area contributed by atoms with Gasteiger partial charge in [-0.05, 0) is 38.8 Å². The van der Waals surface area contributed by atoms with Crippen LogP contribution < -0.4 is 5.73 Å². The highest BCUT2D eigenvalue weighted by molar-refractivity contribution is 7.98. The lowest BCUT2D eigenvalue weighted by Gasteiger charge is -2.02. The lowest BCUT2D eigenvalue weighted by Crippen LogP contribution is -2.05. The van der Waals surface area contributed by atoms with E-state index in [1.807, 2.05) is 11.8 Å². The van der Waals surface area contributed by atoms with E-state index in [0.29, 0.717) is 5.92 Å². The number of aryl methyl sites for hydroxylation is 1. The van der Waals surface area contributed by atoms with E-state index < -0.39 is 0 Å². The van der Waals surface area contributed by atoms with Crippen LogP contribution in [0.3, 0.4) is 0 Å². The maximum absolute atomic E-state index is 6.08. The summed E-state index contributed by atoms with van der Waals surface area (Å²) >= 11 is 3.66. The van der Waals surface area contributed by atoms with Crippen LogP contribution in [0, 0.1) is 6.92 Å². The van der Waals surface area contributed by atoms with Gasteiger partial charge in [0.25, 0.3) is 0 Å². The van der Waals surface area contributed by atoms with Crippen LogP contribution in [0.15, 0.2) is 29.2 Å². The lowest BCUT2D eigenvalue weighted by molar-refractivity contribution is 0.810. The molecule has 1 fully saturated rings. The van der Waals surface area contributed by atoms with Crippen molar-refractivity contribution in [1.29, 1.82) is 0 Å². The zero-order chi connectivity index (χ0) is 14.1. The van der Waals surface area contributed by atoms with Crippen LogP contribution in [0.2, 0.25) is 0 Å². The number of nitrogens with two attached hydrogens (primary N) is 1. The van der Waals surface area contributed by atoms with Gasteiger partial charge < -0.3 is 5.73 Å². The third kappa shape index (κ3) is 3.25. The summed E-state index contributed by atoms with van der Waals surface area (Å²) < 4.78 is 0. The summed E-state index contributed by atoms with van der Waals surface area (Å²) in [6.07, 6.45) is 2.57. The number of thioether (sulfide) groups is 1. The molecule has 106 valence electrons. The predicted molar refractivity (Wildman–Crippen MR) is 87.4 cm³/mol. The van der Waals surface area contributed by atoms with Gasteiger partial charge in [0.2, 0.25) is 0 Å². The topological polar surface area (TPSA) is 38.9 Å². The number of aromatic nitrogens is 1. The van der Waals surface area contributed by atoms with E-state index in [0.717, 1.165) is 5.75 Å². The molecule has 1 atom stereocenters. The van der Waals surface area contributed by atoms with E-state index in [4.69, 9.17) is 10.7 Å². The Morgan fingerprint density at radius 2 is 2.05 bits per heavy atom. The molecule has 1 aliphatic rings. The summed E-state index contributed by atoms with van der Waals surface area (Å²) in [5, 5.41) is 1.21. The molecule has 0 spiro atoms. The highest BCUT2D eigenvalue weighted by Crippen LogP contribution is 2.44. The highest BCUT2D eigenvalue weighted by Gasteiger charge is 2.30. The van der Waals surface area contributed by atoms with Crippen LogP contribution in [0.4, 0.5) is 0 Å². The van der Waals surface area contributed by atoms with Crippen LogP contribution in [0.1, 0.15) is 52.9 Å². The molecular weight excluding hydrogens is 284 g/mol. The molecule has 2 nitrogen and oxygen atoms in total. The smallest absolute Gasteiger partial charge is 0.103 e. The first-order valence-electron chi connectivity index (χ1n) is 7.08. The number of thiazole rings is 1. The van der Waals surface area contributed by atoms with Gasteiger partial charge in [0.05, 0.1) is 11.4 Å². The van der Waals surface area contributed by atoms with Gasteiger partial charge in [-0.2, -0.15) is 0 Å². The zero-order valence-electron chi connectivity index (χ0n) is 11.9. The van der Waals surface area contributed by atoms with Crippen LogP contribution >= 0.6 is 23.1 Å². The maximum Gasteiger partial charge on any atom is 0.103 e. The second-order valence-corrected chi connectivity index (χ2v) is 7.69. The fraction of sp³-hybridized carbons (Fsp3) is 0.438. The summed E-state index contributed by atoms with van der Waals surface area (Å²) in [6, 6.07) is 8.80. The van der Waals surface area contributed by atoms with Crippen molar-refractivity contribution in [3.63, 3.8) is 0 Å². The zero-order valence-corrected chi connectivity index (χ0v) is 13.6. The van der Waals surface area contributed by atoms with Crippen molar-refractivity contribution in [2.45, 2.75) is 49.3 Å². The molecule has 0 bridgehead atoms. The molecule has 1 unspecified atom stereocenters. The van der Waals surface area contributed by atoms with Gasteiger partial charge in [0, 0.05) is 21.7 Å². The standard InChI is InChI=1S/C16H20N2S2/c1-10-3-7-13(8-4-10)19-9-14-18-15(12-5-6-12)16(20-14)11(2)17/h3-4,7-8,11-12H,5-6,9,17H2,1-2H3. The molecular formula is C16H20N2S2. The summed E-state index contributed by atoms with van der Waals surface area (Å²) in [5.74, 6) is 1.63. The SMILES string of the molecule is Cc1ccc(SCc2nc(C3CC3)c(C(C)N)s2)cc1. The first-order chi connectivity index (χ1) is 9.63. The van der Waals surface area contributed by atoms with E-state index in [-0.39, 0.29) is 6.04 Å². The average molecular weight is 304 g/mol. The van der Waals surface area contributed by atoms with Crippen molar-refractivity contribution in [3.8, 4) is 0 Å². The van der Waals surface area contributed by atoms with Crippen LogP contribution in [-0.4, -0.2) is 4.98 Å². The fourth-order valence-corrected chi connectivity index (χ4v) is 4.20. The number of benzene rings is 1. The average Bonchev–Trinajstić information content (AvgIpc) is 3.18. The lowest BCUT2D eigenvalue weighted by atomic mass is 10.2. The third-order valence-electron chi connectivity index (χ3n) is 3.49. The van der Waals surface area contributed by atoms with Crippen LogP contribution in [-0.2, 0) is 5.75 Å². The van der Waals surface area contributed by atoms with Crippen LogP contribution in [0.25, 0.3) is 0 Å². The van der Waals surface area contributed by atoms with E-state index in [1.54, 1.807) is 11.3 Å². The maximum atomic E-state index is 6.08. The molecule has 4 heteroatoms. The number of hydrogen-bond acceptors (Lipinski definition) is 4. The molecule has 1 heterocycles. The Bertz CT molecular complexity index is 564. The normalized spacial score (nSPS) is 16.4. The molecule has 20 heavy (non-hydrogen) atoms. The predicted octanol–water partition coefficient (Wildman–Crippen LogP) is 4.64. The molecule has 0 aliphatic heterocycles. The Labute approximate surface area is 128 Å². The van der Waals surface area contributed by atoms with Crippen molar-refractivity contribution < 1.29 is 0 Å². The summed E-state index contributed by atoms with van der Waals surface area (Å²) in [4.78, 5) is 7.45. The summed E-state index contributed by atoms with van der Waals surface area (Å²) in [7, 11) is 0. The minimum atomic E-state index is 0.112. The van der Waals surface area contributed by atoms with Crippen molar-refractivity contribution in [3.05, 3.63) is 45.4 Å². The number of rotatable bonds is 5. The van der Waals surface area contributed by atoms with E-state index >= 15 is 0 Å². The van der Waals surface area contributed by atoms with Crippen LogP contribution in [0.5, 0.6) is 0 Å². The van der Waals surface area contributed by atoms with Crippen molar-refractivity contribution in [2.24, 2.45) is 5.73 Å². The van der Waals surface area contributed by atoms with Crippen molar-refractivity contribution in [1.82, 2.24) is 4.98 Å². The van der Waals surface area contributed by atoms with Gasteiger partial charge in [-0.1, -0.05) is 17.7 Å². The molecule has 0 amide bonds.